The fraction of sp³-hybridized carbons (Fsp3) is 0.375. The van der Waals surface area contributed by atoms with E-state index in [1.807, 2.05) is 36.2 Å². The number of aromatic nitrogens is 2. The smallest absolute Gasteiger partial charge is 0.271 e. The molecule has 1 atom stereocenters. The van der Waals surface area contributed by atoms with Gasteiger partial charge in [0.1, 0.15) is 5.69 Å². The van der Waals surface area contributed by atoms with Crippen molar-refractivity contribution in [3.8, 4) is 11.3 Å². The third-order valence-corrected chi connectivity index (χ3v) is 4.32. The molecule has 2 N–H and O–H groups in total. The molecule has 23 heavy (non-hydrogen) atoms. The Bertz CT molecular complexity index is 656. The lowest BCUT2D eigenvalue weighted by Gasteiger charge is -2.32. The maximum Gasteiger partial charge on any atom is 0.271 e. The third kappa shape index (κ3) is 4.05. The highest BCUT2D eigenvalue weighted by molar-refractivity contribution is 6.30. The first kappa shape index (κ1) is 17.8. The van der Waals surface area contributed by atoms with Crippen molar-refractivity contribution in [2.75, 3.05) is 20.1 Å². The molecule has 2 heterocycles. The normalized spacial score (nSPS) is 17.7. The van der Waals surface area contributed by atoms with Crippen LogP contribution in [0.15, 0.2) is 30.3 Å². The number of likely N-dealkylation sites (N-methyl/N-ethyl adjacent to an activating group) is 1. The Hall–Kier alpha value is -1.56. The van der Waals surface area contributed by atoms with E-state index in [0.717, 1.165) is 37.2 Å². The van der Waals surface area contributed by atoms with Gasteiger partial charge in [0.15, 0.2) is 0 Å². The summed E-state index contributed by atoms with van der Waals surface area (Å²) in [5.41, 5.74) is 2.22. The molecule has 7 heteroatoms. The summed E-state index contributed by atoms with van der Waals surface area (Å²) in [6.45, 7) is 1.54. The molecule has 2 aromatic rings. The van der Waals surface area contributed by atoms with Crippen LogP contribution in [0.3, 0.4) is 0 Å². The first-order valence-electron chi connectivity index (χ1n) is 7.45. The standard InChI is InChI=1S/C16H19ClN4O.ClH/c1-18-13-3-2-8-21(10-13)16(22)15-9-14(19-20-15)11-4-6-12(17)7-5-11;/h4-7,9,13,18H,2-3,8,10H2,1H3,(H,19,20);1H. The van der Waals surface area contributed by atoms with Gasteiger partial charge in [0.2, 0.25) is 0 Å². The number of carbonyl (C=O) groups excluding carboxylic acids is 1. The molecule has 0 saturated carbocycles. The van der Waals surface area contributed by atoms with E-state index in [-0.39, 0.29) is 18.3 Å². The molecule has 1 amide bonds. The maximum atomic E-state index is 12.6. The summed E-state index contributed by atoms with van der Waals surface area (Å²) >= 11 is 5.89. The van der Waals surface area contributed by atoms with Crippen LogP contribution in [0.4, 0.5) is 0 Å². The first-order valence-corrected chi connectivity index (χ1v) is 7.83. The molecule has 0 radical (unpaired) electrons. The summed E-state index contributed by atoms with van der Waals surface area (Å²) in [5, 5.41) is 11.0. The molecular weight excluding hydrogens is 335 g/mol. The predicted octanol–water partition coefficient (Wildman–Crippen LogP) is 2.98. The molecule has 0 bridgehead atoms. The van der Waals surface area contributed by atoms with Gasteiger partial charge in [0.05, 0.1) is 5.69 Å². The van der Waals surface area contributed by atoms with Gasteiger partial charge in [-0.2, -0.15) is 5.10 Å². The van der Waals surface area contributed by atoms with Crippen molar-refractivity contribution in [3.63, 3.8) is 0 Å². The monoisotopic (exact) mass is 354 g/mol. The highest BCUT2D eigenvalue weighted by Crippen LogP contribution is 2.21. The second-order valence-electron chi connectivity index (χ2n) is 5.55. The van der Waals surface area contributed by atoms with Gasteiger partial charge >= 0.3 is 0 Å². The Labute approximate surface area is 146 Å². The molecule has 0 spiro atoms. The maximum absolute atomic E-state index is 12.6. The average Bonchev–Trinajstić information content (AvgIpc) is 3.05. The van der Waals surface area contributed by atoms with Crippen molar-refractivity contribution in [2.45, 2.75) is 18.9 Å². The van der Waals surface area contributed by atoms with Crippen LogP contribution in [0.1, 0.15) is 23.3 Å². The summed E-state index contributed by atoms with van der Waals surface area (Å²) in [6, 6.07) is 9.59. The van der Waals surface area contributed by atoms with Crippen LogP contribution in [0.2, 0.25) is 5.02 Å². The van der Waals surface area contributed by atoms with Gasteiger partial charge in [0, 0.05) is 29.7 Å². The molecule has 1 saturated heterocycles. The van der Waals surface area contributed by atoms with Gasteiger partial charge in [-0.05, 0) is 38.1 Å². The predicted molar refractivity (Wildman–Crippen MR) is 94.3 cm³/mol. The van der Waals surface area contributed by atoms with E-state index in [4.69, 9.17) is 11.6 Å². The van der Waals surface area contributed by atoms with Crippen LogP contribution < -0.4 is 5.32 Å². The molecule has 1 aromatic heterocycles. The van der Waals surface area contributed by atoms with Crippen LogP contribution in [0, 0.1) is 0 Å². The van der Waals surface area contributed by atoms with Crippen molar-refractivity contribution in [1.29, 1.82) is 0 Å². The van der Waals surface area contributed by atoms with E-state index in [1.54, 1.807) is 6.07 Å². The second kappa shape index (κ2) is 7.81. The van der Waals surface area contributed by atoms with E-state index < -0.39 is 0 Å². The van der Waals surface area contributed by atoms with Crippen LogP contribution in [0.5, 0.6) is 0 Å². The summed E-state index contributed by atoms with van der Waals surface area (Å²) in [6.07, 6.45) is 2.13. The third-order valence-electron chi connectivity index (χ3n) is 4.07. The Morgan fingerprint density at radius 3 is 2.83 bits per heavy atom. The molecule has 1 aliphatic heterocycles. The minimum Gasteiger partial charge on any atom is -0.336 e. The van der Waals surface area contributed by atoms with Gasteiger partial charge in [-0.3, -0.25) is 9.89 Å². The van der Waals surface area contributed by atoms with Crippen LogP contribution in [-0.4, -0.2) is 47.2 Å². The van der Waals surface area contributed by atoms with E-state index >= 15 is 0 Å². The van der Waals surface area contributed by atoms with Gasteiger partial charge in [0.25, 0.3) is 5.91 Å². The molecule has 1 aliphatic rings. The minimum atomic E-state index is 0. The lowest BCUT2D eigenvalue weighted by molar-refractivity contribution is 0.0692. The number of nitrogens with one attached hydrogen (secondary N) is 2. The van der Waals surface area contributed by atoms with Crippen LogP contribution >= 0.6 is 24.0 Å². The molecule has 1 unspecified atom stereocenters. The average molecular weight is 355 g/mol. The van der Waals surface area contributed by atoms with E-state index in [2.05, 4.69) is 15.5 Å². The van der Waals surface area contributed by atoms with E-state index in [0.29, 0.717) is 16.8 Å². The van der Waals surface area contributed by atoms with Gasteiger partial charge in [-0.1, -0.05) is 23.7 Å². The Kier molecular flexibility index (Phi) is 6.04. The zero-order valence-electron chi connectivity index (χ0n) is 12.9. The van der Waals surface area contributed by atoms with Gasteiger partial charge in [-0.25, -0.2) is 0 Å². The highest BCUT2D eigenvalue weighted by atomic mass is 35.5. The Morgan fingerprint density at radius 2 is 2.13 bits per heavy atom. The summed E-state index contributed by atoms with van der Waals surface area (Å²) < 4.78 is 0. The SMILES string of the molecule is CNC1CCCN(C(=O)c2cc(-c3ccc(Cl)cc3)n[nH]2)C1.Cl. The quantitative estimate of drug-likeness (QED) is 0.890. The Morgan fingerprint density at radius 1 is 1.39 bits per heavy atom. The fourth-order valence-corrected chi connectivity index (χ4v) is 2.89. The summed E-state index contributed by atoms with van der Waals surface area (Å²) in [4.78, 5) is 14.4. The first-order chi connectivity index (χ1) is 10.7. The number of aromatic amines is 1. The minimum absolute atomic E-state index is 0. The van der Waals surface area contributed by atoms with Crippen LogP contribution in [0.25, 0.3) is 11.3 Å². The summed E-state index contributed by atoms with van der Waals surface area (Å²) in [5.74, 6) is 0.00710. The van der Waals surface area contributed by atoms with Gasteiger partial charge in [-0.15, -0.1) is 12.4 Å². The fourth-order valence-electron chi connectivity index (χ4n) is 2.77. The van der Waals surface area contributed by atoms with Crippen molar-refractivity contribution in [1.82, 2.24) is 20.4 Å². The number of H-pyrrole nitrogens is 1. The molecule has 3 rings (SSSR count). The Balaban J connectivity index is 0.00000192. The van der Waals surface area contributed by atoms with Gasteiger partial charge < -0.3 is 10.2 Å². The van der Waals surface area contributed by atoms with Crippen LogP contribution in [-0.2, 0) is 0 Å². The van der Waals surface area contributed by atoms with Crippen molar-refractivity contribution < 1.29 is 4.79 Å². The zero-order chi connectivity index (χ0) is 15.5. The zero-order valence-corrected chi connectivity index (χ0v) is 14.5. The molecule has 5 nitrogen and oxygen atoms in total. The van der Waals surface area contributed by atoms with E-state index in [1.165, 1.54) is 0 Å². The molecular formula is C16H20Cl2N4O. The number of piperidine rings is 1. The molecule has 0 aliphatic carbocycles. The molecule has 1 fully saturated rings. The molecule has 124 valence electrons. The lowest BCUT2D eigenvalue weighted by atomic mass is 10.1. The number of benzene rings is 1. The number of halogens is 2. The number of rotatable bonds is 3. The van der Waals surface area contributed by atoms with Crippen molar-refractivity contribution in [2.24, 2.45) is 0 Å². The van der Waals surface area contributed by atoms with E-state index in [9.17, 15) is 4.79 Å². The lowest BCUT2D eigenvalue weighted by Crippen LogP contribution is -2.47. The number of carbonyl (C=O) groups is 1. The second-order valence-corrected chi connectivity index (χ2v) is 5.99. The topological polar surface area (TPSA) is 61.0 Å². The largest absolute Gasteiger partial charge is 0.336 e. The number of hydrogen-bond donors (Lipinski definition) is 2. The van der Waals surface area contributed by atoms with Crippen molar-refractivity contribution in [3.05, 3.63) is 41.0 Å². The van der Waals surface area contributed by atoms with Crippen molar-refractivity contribution >= 4 is 29.9 Å². The number of amides is 1. The number of likely N-dealkylation sites (tertiary alicyclic amines) is 1. The highest BCUT2D eigenvalue weighted by Gasteiger charge is 2.24. The summed E-state index contributed by atoms with van der Waals surface area (Å²) in [7, 11) is 1.94. The number of hydrogen-bond acceptors (Lipinski definition) is 3. The number of nitrogens with zero attached hydrogens (tertiary/aromatic N) is 2. The molecule has 1 aromatic carbocycles.